The number of benzene rings is 1. The van der Waals surface area contributed by atoms with E-state index in [4.69, 9.17) is 4.74 Å². The lowest BCUT2D eigenvalue weighted by molar-refractivity contribution is -0.133. The first-order chi connectivity index (χ1) is 10.6. The molecule has 2 aromatic rings. The molecule has 0 unspecified atom stereocenters. The van der Waals surface area contributed by atoms with Gasteiger partial charge in [0.05, 0.1) is 24.3 Å². The Kier molecular flexibility index (Phi) is 5.67. The summed E-state index contributed by atoms with van der Waals surface area (Å²) in [7, 11) is 3.43. The smallest absolute Gasteiger partial charge is 0.225 e. The van der Waals surface area contributed by atoms with Crippen molar-refractivity contribution in [3.8, 4) is 0 Å². The van der Waals surface area contributed by atoms with E-state index >= 15 is 0 Å². The molecule has 0 N–H and O–H groups in total. The maximum absolute atomic E-state index is 12.5. The van der Waals surface area contributed by atoms with E-state index in [0.717, 1.165) is 11.3 Å². The van der Waals surface area contributed by atoms with Crippen LogP contribution in [0.5, 0.6) is 0 Å². The molecular weight excluding hydrogens is 276 g/mol. The topological polar surface area (TPSA) is 42.4 Å². The molecule has 1 amide bonds. The quantitative estimate of drug-likeness (QED) is 0.823. The fourth-order valence-corrected chi connectivity index (χ4v) is 2.38. The number of hydrogen-bond acceptors (Lipinski definition) is 3. The van der Waals surface area contributed by atoms with Gasteiger partial charge in [-0.05, 0) is 24.6 Å². The minimum atomic E-state index is -0.195. The summed E-state index contributed by atoms with van der Waals surface area (Å²) in [5.41, 5.74) is 1.90. The lowest BCUT2D eigenvalue weighted by atomic mass is 10.0. The van der Waals surface area contributed by atoms with Gasteiger partial charge in [-0.25, -0.2) is 0 Å². The van der Waals surface area contributed by atoms with Crippen molar-refractivity contribution in [1.82, 2.24) is 9.88 Å². The van der Waals surface area contributed by atoms with E-state index in [1.807, 2.05) is 62.5 Å². The van der Waals surface area contributed by atoms with Gasteiger partial charge in [0.2, 0.25) is 5.91 Å². The first-order valence-corrected chi connectivity index (χ1v) is 7.37. The van der Waals surface area contributed by atoms with Gasteiger partial charge < -0.3 is 9.64 Å². The van der Waals surface area contributed by atoms with Gasteiger partial charge in [-0.1, -0.05) is 36.4 Å². The Labute approximate surface area is 131 Å². The third-order valence-corrected chi connectivity index (χ3v) is 3.73. The molecule has 0 aliphatic rings. The number of rotatable bonds is 6. The van der Waals surface area contributed by atoms with Crippen molar-refractivity contribution in [1.29, 1.82) is 0 Å². The summed E-state index contributed by atoms with van der Waals surface area (Å²) in [5.74, 6) is 0.0360. The van der Waals surface area contributed by atoms with Gasteiger partial charge in [-0.3, -0.25) is 9.78 Å². The minimum absolute atomic E-state index is 0.0360. The average Bonchev–Trinajstić information content (AvgIpc) is 2.56. The van der Waals surface area contributed by atoms with E-state index < -0.39 is 0 Å². The van der Waals surface area contributed by atoms with Gasteiger partial charge in [-0.2, -0.15) is 0 Å². The van der Waals surface area contributed by atoms with Crippen LogP contribution in [-0.4, -0.2) is 36.1 Å². The van der Waals surface area contributed by atoms with E-state index in [-0.39, 0.29) is 18.1 Å². The van der Waals surface area contributed by atoms with Crippen LogP contribution in [0.1, 0.15) is 30.6 Å². The van der Waals surface area contributed by atoms with Crippen LogP contribution in [0.3, 0.4) is 0 Å². The summed E-state index contributed by atoms with van der Waals surface area (Å²) in [6.45, 7) is 1.89. The zero-order valence-corrected chi connectivity index (χ0v) is 13.3. The Morgan fingerprint density at radius 3 is 2.45 bits per heavy atom. The first-order valence-electron chi connectivity index (χ1n) is 7.37. The van der Waals surface area contributed by atoms with Crippen LogP contribution in [-0.2, 0) is 9.53 Å². The fraction of sp³-hybridized carbons (Fsp3) is 0.333. The van der Waals surface area contributed by atoms with Crippen LogP contribution in [0.2, 0.25) is 0 Å². The third kappa shape index (κ3) is 3.92. The second-order valence-corrected chi connectivity index (χ2v) is 5.32. The molecular formula is C18H22N2O2. The largest absolute Gasteiger partial charge is 0.381 e. The number of ether oxygens (including phenoxy) is 1. The Hall–Kier alpha value is -2.20. The summed E-state index contributed by atoms with van der Waals surface area (Å²) in [6.07, 6.45) is 2.00. The predicted molar refractivity (Wildman–Crippen MR) is 86.4 cm³/mol. The molecule has 0 bridgehead atoms. The second-order valence-electron chi connectivity index (χ2n) is 5.32. The van der Waals surface area contributed by atoms with Crippen LogP contribution in [0, 0.1) is 0 Å². The maximum atomic E-state index is 12.5. The van der Waals surface area contributed by atoms with Crippen molar-refractivity contribution in [2.24, 2.45) is 0 Å². The highest BCUT2D eigenvalue weighted by Crippen LogP contribution is 2.26. The van der Waals surface area contributed by atoms with Crippen molar-refractivity contribution in [2.45, 2.75) is 25.5 Å². The molecule has 0 radical (unpaired) electrons. The van der Waals surface area contributed by atoms with E-state index in [9.17, 15) is 4.79 Å². The number of carbonyl (C=O) groups excluding carboxylic acids is 1. The molecule has 1 aromatic carbocycles. The molecule has 0 spiro atoms. The number of pyridine rings is 1. The number of amides is 1. The van der Waals surface area contributed by atoms with Crippen LogP contribution in [0.4, 0.5) is 0 Å². The number of carbonyl (C=O) groups is 1. The summed E-state index contributed by atoms with van der Waals surface area (Å²) in [6, 6.07) is 15.5. The molecule has 0 saturated carbocycles. The van der Waals surface area contributed by atoms with Crippen molar-refractivity contribution < 1.29 is 9.53 Å². The second kappa shape index (κ2) is 7.71. The molecule has 1 aromatic heterocycles. The van der Waals surface area contributed by atoms with E-state index in [2.05, 4.69) is 4.98 Å². The van der Waals surface area contributed by atoms with E-state index in [1.165, 1.54) is 0 Å². The third-order valence-electron chi connectivity index (χ3n) is 3.73. The van der Waals surface area contributed by atoms with Gasteiger partial charge in [0, 0.05) is 20.4 Å². The molecule has 0 aliphatic carbocycles. The highest BCUT2D eigenvalue weighted by atomic mass is 16.5. The summed E-state index contributed by atoms with van der Waals surface area (Å²) in [5, 5.41) is 0. The van der Waals surface area contributed by atoms with Gasteiger partial charge in [0.25, 0.3) is 0 Å². The number of methoxy groups -OCH3 is 1. The molecule has 0 fully saturated rings. The van der Waals surface area contributed by atoms with E-state index in [1.54, 1.807) is 18.2 Å². The van der Waals surface area contributed by atoms with Crippen LogP contribution in [0.15, 0.2) is 54.7 Å². The van der Waals surface area contributed by atoms with Gasteiger partial charge in [0.1, 0.15) is 0 Å². The zero-order chi connectivity index (χ0) is 15.9. The fourth-order valence-electron chi connectivity index (χ4n) is 2.38. The highest BCUT2D eigenvalue weighted by Gasteiger charge is 2.25. The summed E-state index contributed by atoms with van der Waals surface area (Å²) in [4.78, 5) is 18.7. The molecule has 2 rings (SSSR count). The highest BCUT2D eigenvalue weighted by molar-refractivity contribution is 5.77. The van der Waals surface area contributed by atoms with Crippen LogP contribution in [0.25, 0.3) is 0 Å². The lowest BCUT2D eigenvalue weighted by Crippen LogP contribution is -2.34. The van der Waals surface area contributed by atoms with Gasteiger partial charge in [-0.15, -0.1) is 0 Å². The SMILES string of the molecule is CO[C@@H](C)CC(=O)N(C)[C@@H](c1ccccc1)c1ccccn1. The molecule has 1 heterocycles. The summed E-state index contributed by atoms with van der Waals surface area (Å²) < 4.78 is 5.20. The molecule has 2 atom stereocenters. The Morgan fingerprint density at radius 2 is 1.86 bits per heavy atom. The van der Waals surface area contributed by atoms with Crippen LogP contribution >= 0.6 is 0 Å². The van der Waals surface area contributed by atoms with Gasteiger partial charge in [0.15, 0.2) is 0 Å². The molecule has 0 saturated heterocycles. The maximum Gasteiger partial charge on any atom is 0.225 e. The average molecular weight is 298 g/mol. The number of aromatic nitrogens is 1. The van der Waals surface area contributed by atoms with Crippen molar-refractivity contribution >= 4 is 5.91 Å². The van der Waals surface area contributed by atoms with Gasteiger partial charge >= 0.3 is 0 Å². The predicted octanol–water partition coefficient (Wildman–Crippen LogP) is 3.05. The lowest BCUT2D eigenvalue weighted by Gasteiger charge is -2.29. The van der Waals surface area contributed by atoms with E-state index in [0.29, 0.717) is 6.42 Å². The molecule has 116 valence electrons. The Balaban J connectivity index is 2.31. The monoisotopic (exact) mass is 298 g/mol. The van der Waals surface area contributed by atoms with Crippen molar-refractivity contribution in [3.63, 3.8) is 0 Å². The van der Waals surface area contributed by atoms with Crippen LogP contribution < -0.4 is 0 Å². The summed E-state index contributed by atoms with van der Waals surface area (Å²) >= 11 is 0. The Morgan fingerprint density at radius 1 is 1.18 bits per heavy atom. The van der Waals surface area contributed by atoms with Crippen molar-refractivity contribution in [3.05, 3.63) is 66.0 Å². The number of nitrogens with zero attached hydrogens (tertiary/aromatic N) is 2. The Bertz CT molecular complexity index is 547. The number of hydrogen-bond donors (Lipinski definition) is 0. The minimum Gasteiger partial charge on any atom is -0.381 e. The standard InChI is InChI=1S/C18H22N2O2/c1-14(22-3)13-17(21)20(2)18(15-9-5-4-6-10-15)16-11-7-8-12-19-16/h4-12,14,18H,13H2,1-3H3/t14-,18-/m0/s1. The molecule has 4 heteroatoms. The normalized spacial score (nSPS) is 13.4. The molecule has 22 heavy (non-hydrogen) atoms. The first kappa shape index (κ1) is 16.2. The van der Waals surface area contributed by atoms with Crippen molar-refractivity contribution in [2.75, 3.05) is 14.2 Å². The molecule has 4 nitrogen and oxygen atoms in total. The molecule has 0 aliphatic heterocycles. The zero-order valence-electron chi connectivity index (χ0n) is 13.3.